The largest absolute Gasteiger partial charge is 0.447 e. The van der Waals surface area contributed by atoms with Gasteiger partial charge in [-0.05, 0) is 55.7 Å². The van der Waals surface area contributed by atoms with Crippen molar-refractivity contribution in [3.63, 3.8) is 0 Å². The lowest BCUT2D eigenvalue weighted by Crippen LogP contribution is -2.51. The molecule has 3 amide bonds. The summed E-state index contributed by atoms with van der Waals surface area (Å²) in [6.07, 6.45) is 3.19. The molecule has 1 aromatic heterocycles. The number of fused-ring (bicyclic) bond motifs is 1. The van der Waals surface area contributed by atoms with Crippen molar-refractivity contribution in [1.29, 1.82) is 0 Å². The standard InChI is InChI=1S/C34H37N5O4S/c1-4-36-32(41)27-10-6-5-9-26(27)24-15-13-23(14-16-24)20-39-29-11-7-8-12-30(29)44-21-28(33(39)42)38-31(40)17-34(2,3)37-19-25-18-35-22-43-25/h5-16,18,22,28,37H,4,17,19-21H2,1-3H3,(H,36,41)(H,38,40)/t28-/m1/s1. The summed E-state index contributed by atoms with van der Waals surface area (Å²) in [6.45, 7) is 7.10. The van der Waals surface area contributed by atoms with Gasteiger partial charge in [0.25, 0.3) is 11.8 Å². The van der Waals surface area contributed by atoms with Crippen LogP contribution in [0.2, 0.25) is 0 Å². The van der Waals surface area contributed by atoms with E-state index in [1.165, 1.54) is 6.39 Å². The number of nitrogens with one attached hydrogen (secondary N) is 3. The van der Waals surface area contributed by atoms with Gasteiger partial charge in [-0.25, -0.2) is 4.98 Å². The van der Waals surface area contributed by atoms with E-state index >= 15 is 0 Å². The van der Waals surface area contributed by atoms with Crippen molar-refractivity contribution in [2.45, 2.75) is 56.8 Å². The van der Waals surface area contributed by atoms with Gasteiger partial charge in [-0.3, -0.25) is 14.4 Å². The minimum Gasteiger partial charge on any atom is -0.447 e. The number of benzene rings is 3. The van der Waals surface area contributed by atoms with Crippen LogP contribution in [0.4, 0.5) is 5.69 Å². The van der Waals surface area contributed by atoms with E-state index in [4.69, 9.17) is 4.42 Å². The number of oxazole rings is 1. The van der Waals surface area contributed by atoms with Crippen LogP contribution in [0.5, 0.6) is 0 Å². The lowest BCUT2D eigenvalue weighted by Gasteiger charge is -2.28. The molecule has 4 aromatic rings. The molecule has 44 heavy (non-hydrogen) atoms. The van der Waals surface area contributed by atoms with E-state index in [1.807, 2.05) is 93.6 Å². The average molecular weight is 612 g/mol. The van der Waals surface area contributed by atoms with Crippen molar-refractivity contribution < 1.29 is 18.8 Å². The molecule has 0 aliphatic carbocycles. The van der Waals surface area contributed by atoms with Crippen LogP contribution in [0.1, 0.15) is 48.9 Å². The molecule has 2 heterocycles. The number of para-hydroxylation sites is 1. The van der Waals surface area contributed by atoms with Crippen LogP contribution < -0.4 is 20.9 Å². The number of carbonyl (C=O) groups excluding carboxylic acids is 3. The Kier molecular flexibility index (Phi) is 9.82. The fourth-order valence-corrected chi connectivity index (χ4v) is 6.22. The highest BCUT2D eigenvalue weighted by atomic mass is 32.2. The molecule has 10 heteroatoms. The van der Waals surface area contributed by atoms with Crippen molar-refractivity contribution in [2.24, 2.45) is 0 Å². The summed E-state index contributed by atoms with van der Waals surface area (Å²) >= 11 is 1.56. The summed E-state index contributed by atoms with van der Waals surface area (Å²) in [5.41, 5.74) is 3.60. The molecule has 0 unspecified atom stereocenters. The maximum Gasteiger partial charge on any atom is 0.251 e. The molecule has 0 radical (unpaired) electrons. The summed E-state index contributed by atoms with van der Waals surface area (Å²) in [5.74, 6) is 0.633. The van der Waals surface area contributed by atoms with Gasteiger partial charge in [-0.1, -0.05) is 54.6 Å². The number of hydrogen-bond acceptors (Lipinski definition) is 7. The van der Waals surface area contributed by atoms with Crippen molar-refractivity contribution in [3.05, 3.63) is 102 Å². The first kappa shape index (κ1) is 31.0. The number of hydrogen-bond donors (Lipinski definition) is 3. The Balaban J connectivity index is 1.31. The molecule has 0 saturated heterocycles. The van der Waals surface area contributed by atoms with E-state index in [9.17, 15) is 14.4 Å². The van der Waals surface area contributed by atoms with Gasteiger partial charge in [0.15, 0.2) is 6.39 Å². The molecule has 0 fully saturated rings. The highest BCUT2D eigenvalue weighted by Gasteiger charge is 2.33. The van der Waals surface area contributed by atoms with Crippen LogP contribution in [0.15, 0.2) is 94.7 Å². The number of anilines is 1. The zero-order valence-electron chi connectivity index (χ0n) is 25.1. The van der Waals surface area contributed by atoms with Gasteiger partial charge in [0.2, 0.25) is 5.91 Å². The Morgan fingerprint density at radius 1 is 1.05 bits per heavy atom. The number of carbonyl (C=O) groups is 3. The fourth-order valence-electron chi connectivity index (χ4n) is 5.15. The maximum absolute atomic E-state index is 14.0. The van der Waals surface area contributed by atoms with Crippen LogP contribution in [0, 0.1) is 0 Å². The topological polar surface area (TPSA) is 117 Å². The van der Waals surface area contributed by atoms with Crippen LogP contribution in [0.3, 0.4) is 0 Å². The maximum atomic E-state index is 14.0. The third-order valence-electron chi connectivity index (χ3n) is 7.40. The second-order valence-electron chi connectivity index (χ2n) is 11.3. The predicted octanol–water partition coefficient (Wildman–Crippen LogP) is 5.17. The average Bonchev–Trinajstić information content (AvgIpc) is 3.51. The Bertz CT molecular complexity index is 1600. The van der Waals surface area contributed by atoms with Crippen molar-refractivity contribution in [3.8, 4) is 11.1 Å². The SMILES string of the molecule is CCNC(=O)c1ccccc1-c1ccc(CN2C(=O)[C@H](NC(=O)CC(C)(C)NCc3cnco3)CSc3ccccc32)cc1. The molecule has 5 rings (SSSR count). The molecule has 0 saturated carbocycles. The summed E-state index contributed by atoms with van der Waals surface area (Å²) in [4.78, 5) is 46.4. The zero-order valence-corrected chi connectivity index (χ0v) is 25.9. The normalized spacial score (nSPS) is 14.9. The van der Waals surface area contributed by atoms with Gasteiger partial charge in [0.05, 0.1) is 25.0 Å². The Morgan fingerprint density at radius 3 is 2.55 bits per heavy atom. The van der Waals surface area contributed by atoms with Crippen LogP contribution in [-0.2, 0) is 22.7 Å². The van der Waals surface area contributed by atoms with Crippen LogP contribution >= 0.6 is 11.8 Å². The summed E-state index contributed by atoms with van der Waals surface area (Å²) < 4.78 is 5.28. The first-order valence-electron chi connectivity index (χ1n) is 14.7. The molecule has 3 aromatic carbocycles. The second kappa shape index (κ2) is 13.9. The number of rotatable bonds is 11. The zero-order chi connectivity index (χ0) is 31.1. The van der Waals surface area contributed by atoms with Crippen molar-refractivity contribution >= 4 is 35.2 Å². The number of aromatic nitrogens is 1. The molecule has 0 spiro atoms. The third kappa shape index (κ3) is 7.56. The van der Waals surface area contributed by atoms with E-state index in [0.717, 1.165) is 27.3 Å². The predicted molar refractivity (Wildman–Crippen MR) is 172 cm³/mol. The molecule has 1 atom stereocenters. The molecular weight excluding hydrogens is 574 g/mol. The van der Waals surface area contributed by atoms with Crippen LogP contribution in [-0.4, -0.2) is 46.6 Å². The van der Waals surface area contributed by atoms with E-state index in [0.29, 0.717) is 36.7 Å². The number of amides is 3. The first-order valence-corrected chi connectivity index (χ1v) is 15.6. The first-order chi connectivity index (χ1) is 21.2. The minimum absolute atomic E-state index is 0.112. The van der Waals surface area contributed by atoms with Gasteiger partial charge < -0.3 is 25.3 Å². The van der Waals surface area contributed by atoms with Crippen LogP contribution in [0.25, 0.3) is 11.1 Å². The smallest absolute Gasteiger partial charge is 0.251 e. The summed E-state index contributed by atoms with van der Waals surface area (Å²) in [7, 11) is 0. The van der Waals surface area contributed by atoms with E-state index in [-0.39, 0.29) is 24.1 Å². The quantitative estimate of drug-likeness (QED) is 0.214. The third-order valence-corrected chi connectivity index (χ3v) is 8.56. The summed E-state index contributed by atoms with van der Waals surface area (Å²) in [6, 6.07) is 22.6. The van der Waals surface area contributed by atoms with Crippen molar-refractivity contribution in [1.82, 2.24) is 20.9 Å². The van der Waals surface area contributed by atoms with E-state index in [1.54, 1.807) is 22.9 Å². The van der Waals surface area contributed by atoms with Gasteiger partial charge >= 0.3 is 0 Å². The lowest BCUT2D eigenvalue weighted by molar-refractivity contribution is -0.127. The van der Waals surface area contributed by atoms with Gasteiger partial charge in [0, 0.05) is 34.7 Å². The number of thioether (sulfide) groups is 1. The molecule has 1 aliphatic rings. The molecular formula is C34H37N5O4S. The highest BCUT2D eigenvalue weighted by molar-refractivity contribution is 7.99. The Hall–Kier alpha value is -4.41. The van der Waals surface area contributed by atoms with Gasteiger partial charge in [0.1, 0.15) is 11.8 Å². The Morgan fingerprint density at radius 2 is 1.80 bits per heavy atom. The molecule has 0 bridgehead atoms. The molecule has 228 valence electrons. The lowest BCUT2D eigenvalue weighted by atomic mass is 9.98. The van der Waals surface area contributed by atoms with E-state index in [2.05, 4.69) is 20.9 Å². The summed E-state index contributed by atoms with van der Waals surface area (Å²) in [5, 5.41) is 9.20. The van der Waals surface area contributed by atoms with E-state index < -0.39 is 11.6 Å². The minimum atomic E-state index is -0.687. The van der Waals surface area contributed by atoms with Gasteiger partial charge in [-0.2, -0.15) is 0 Å². The Labute approximate surface area is 261 Å². The van der Waals surface area contributed by atoms with Gasteiger partial charge in [-0.15, -0.1) is 11.8 Å². The molecule has 9 nitrogen and oxygen atoms in total. The second-order valence-corrected chi connectivity index (χ2v) is 12.4. The molecule has 3 N–H and O–H groups in total. The van der Waals surface area contributed by atoms with Crippen molar-refractivity contribution in [2.75, 3.05) is 17.2 Å². The monoisotopic (exact) mass is 611 g/mol. The fraction of sp³-hybridized carbons (Fsp3) is 0.294. The number of nitrogens with zero attached hydrogens (tertiary/aromatic N) is 2. The highest BCUT2D eigenvalue weighted by Crippen LogP contribution is 2.35. The molecule has 1 aliphatic heterocycles.